The van der Waals surface area contributed by atoms with E-state index in [-0.39, 0.29) is 11.6 Å². The van der Waals surface area contributed by atoms with Crippen LogP contribution in [0.15, 0.2) is 21.9 Å². The van der Waals surface area contributed by atoms with Crippen molar-refractivity contribution in [2.24, 2.45) is 5.10 Å². The van der Waals surface area contributed by atoms with Crippen LogP contribution in [0.2, 0.25) is 0 Å². The van der Waals surface area contributed by atoms with Crippen molar-refractivity contribution >= 4 is 40.6 Å². The Labute approximate surface area is 111 Å². The first kappa shape index (κ1) is 11.5. The summed E-state index contributed by atoms with van der Waals surface area (Å²) in [7, 11) is 0. The second-order valence-corrected chi connectivity index (χ2v) is 4.33. The zero-order valence-corrected chi connectivity index (χ0v) is 10.7. The maximum atomic E-state index is 5.49. The van der Waals surface area contributed by atoms with Crippen LogP contribution in [-0.4, -0.2) is 25.3 Å². The molecule has 0 aliphatic carbocycles. The van der Waals surface area contributed by atoms with Gasteiger partial charge < -0.3 is 5.73 Å². The fourth-order valence-corrected chi connectivity index (χ4v) is 2.18. The number of aryl methyl sites for hydroxylation is 1. The minimum absolute atomic E-state index is 0.154. The van der Waals surface area contributed by atoms with E-state index < -0.39 is 0 Å². The van der Waals surface area contributed by atoms with Crippen LogP contribution in [0.25, 0.3) is 11.0 Å². The highest BCUT2D eigenvalue weighted by Crippen LogP contribution is 2.19. The summed E-state index contributed by atoms with van der Waals surface area (Å²) in [5.74, 6) is 0.428. The van der Waals surface area contributed by atoms with E-state index in [0.717, 1.165) is 22.2 Å². The number of nitrogens with one attached hydrogen (secondary N) is 1. The topological polar surface area (TPSA) is 115 Å². The molecule has 0 radical (unpaired) electrons. The molecule has 0 unspecified atom stereocenters. The number of hydrogen-bond donors (Lipinski definition) is 2. The van der Waals surface area contributed by atoms with Gasteiger partial charge in [0.05, 0.1) is 17.9 Å². The van der Waals surface area contributed by atoms with Gasteiger partial charge in [-0.25, -0.2) is 4.63 Å². The number of nitrogens with two attached hydrogens (primary N) is 1. The molecule has 0 fully saturated rings. The summed E-state index contributed by atoms with van der Waals surface area (Å²) in [5, 5.41) is 11.0. The maximum absolute atomic E-state index is 5.49. The largest absolute Gasteiger partial charge is 0.378 e. The van der Waals surface area contributed by atoms with E-state index in [0.29, 0.717) is 0 Å². The SMILES string of the molecule is Cc1ccc(C=NNc2nonc2N)c2nsnc12. The lowest BCUT2D eigenvalue weighted by Gasteiger charge is -1.97. The second-order valence-electron chi connectivity index (χ2n) is 3.80. The Bertz CT molecular complexity index is 747. The Morgan fingerprint density at radius 1 is 1.32 bits per heavy atom. The molecule has 0 spiro atoms. The van der Waals surface area contributed by atoms with Crippen LogP contribution in [-0.2, 0) is 0 Å². The molecule has 3 aromatic rings. The molecule has 0 atom stereocenters. The minimum atomic E-state index is 0.154. The third-order valence-electron chi connectivity index (χ3n) is 2.54. The van der Waals surface area contributed by atoms with Gasteiger partial charge in [-0.3, -0.25) is 5.43 Å². The molecule has 96 valence electrons. The van der Waals surface area contributed by atoms with Gasteiger partial charge in [-0.05, 0) is 22.8 Å². The van der Waals surface area contributed by atoms with Gasteiger partial charge in [-0.1, -0.05) is 12.1 Å². The van der Waals surface area contributed by atoms with Crippen LogP contribution < -0.4 is 11.2 Å². The van der Waals surface area contributed by atoms with E-state index in [1.54, 1.807) is 6.21 Å². The van der Waals surface area contributed by atoms with Crippen LogP contribution in [0.5, 0.6) is 0 Å². The van der Waals surface area contributed by atoms with Crippen LogP contribution in [0.4, 0.5) is 11.6 Å². The maximum Gasteiger partial charge on any atom is 0.235 e. The second kappa shape index (κ2) is 4.61. The lowest BCUT2D eigenvalue weighted by molar-refractivity contribution is 0.310. The molecule has 0 amide bonds. The van der Waals surface area contributed by atoms with Crippen molar-refractivity contribution in [3.05, 3.63) is 23.3 Å². The highest BCUT2D eigenvalue weighted by Gasteiger charge is 2.07. The van der Waals surface area contributed by atoms with Gasteiger partial charge in [0.25, 0.3) is 0 Å². The van der Waals surface area contributed by atoms with Crippen molar-refractivity contribution < 1.29 is 4.63 Å². The summed E-state index contributed by atoms with van der Waals surface area (Å²) >= 11 is 1.18. The van der Waals surface area contributed by atoms with Crippen molar-refractivity contribution in [2.75, 3.05) is 11.2 Å². The quantitative estimate of drug-likeness (QED) is 0.548. The molecule has 0 bridgehead atoms. The highest BCUT2D eigenvalue weighted by atomic mass is 32.1. The molecular formula is C10H9N7OS. The van der Waals surface area contributed by atoms with E-state index in [1.807, 2.05) is 19.1 Å². The monoisotopic (exact) mass is 275 g/mol. The Kier molecular flexibility index (Phi) is 2.80. The first-order chi connectivity index (χ1) is 9.25. The molecule has 19 heavy (non-hydrogen) atoms. The molecule has 0 aliphatic heterocycles. The molecule has 9 heteroatoms. The van der Waals surface area contributed by atoms with Gasteiger partial charge in [-0.15, -0.1) is 0 Å². The van der Waals surface area contributed by atoms with Gasteiger partial charge in [0.15, 0.2) is 0 Å². The Balaban J connectivity index is 1.87. The predicted molar refractivity (Wildman–Crippen MR) is 72.1 cm³/mol. The zero-order valence-electron chi connectivity index (χ0n) is 9.86. The molecule has 1 aromatic carbocycles. The summed E-state index contributed by atoms with van der Waals surface area (Å²) in [6, 6.07) is 3.89. The number of fused-ring (bicyclic) bond motifs is 1. The van der Waals surface area contributed by atoms with Gasteiger partial charge in [0, 0.05) is 5.56 Å². The predicted octanol–water partition coefficient (Wildman–Crippen LogP) is 1.41. The van der Waals surface area contributed by atoms with Crippen molar-refractivity contribution in [3.8, 4) is 0 Å². The van der Waals surface area contributed by atoms with Crippen molar-refractivity contribution in [1.29, 1.82) is 0 Å². The van der Waals surface area contributed by atoms with Crippen LogP contribution in [0, 0.1) is 6.92 Å². The van der Waals surface area contributed by atoms with Gasteiger partial charge >= 0.3 is 0 Å². The third kappa shape index (κ3) is 2.10. The lowest BCUT2D eigenvalue weighted by atomic mass is 10.1. The highest BCUT2D eigenvalue weighted by molar-refractivity contribution is 7.00. The molecular weight excluding hydrogens is 266 g/mol. The van der Waals surface area contributed by atoms with Gasteiger partial charge in [0.1, 0.15) is 11.0 Å². The first-order valence-corrected chi connectivity index (χ1v) is 6.07. The standard InChI is InChI=1S/C10H9N7OS/c1-5-2-3-6(8-7(5)16-19-17-8)4-12-13-10-9(11)14-18-15-10/h2-4H,1H3,(H2,11,14)(H,13,15). The van der Waals surface area contributed by atoms with Gasteiger partial charge in [-0.2, -0.15) is 13.8 Å². The zero-order chi connectivity index (χ0) is 13.2. The molecule has 3 N–H and O–H groups in total. The molecule has 0 aliphatic rings. The first-order valence-electron chi connectivity index (χ1n) is 5.34. The Morgan fingerprint density at radius 3 is 2.95 bits per heavy atom. The minimum Gasteiger partial charge on any atom is -0.378 e. The molecule has 0 saturated heterocycles. The van der Waals surface area contributed by atoms with Crippen LogP contribution >= 0.6 is 11.7 Å². The van der Waals surface area contributed by atoms with E-state index in [4.69, 9.17) is 5.73 Å². The number of benzene rings is 1. The van der Waals surface area contributed by atoms with Crippen LogP contribution in [0.3, 0.4) is 0 Å². The van der Waals surface area contributed by atoms with E-state index >= 15 is 0 Å². The van der Waals surface area contributed by atoms with Crippen LogP contribution in [0.1, 0.15) is 11.1 Å². The Hall–Kier alpha value is -2.55. The number of nitrogen functional groups attached to an aromatic ring is 1. The lowest BCUT2D eigenvalue weighted by Crippen LogP contribution is -1.96. The number of nitrogens with zero attached hydrogens (tertiary/aromatic N) is 5. The number of anilines is 2. The van der Waals surface area contributed by atoms with Crippen molar-refractivity contribution in [1.82, 2.24) is 19.1 Å². The summed E-state index contributed by atoms with van der Waals surface area (Å²) in [5.41, 5.74) is 11.8. The summed E-state index contributed by atoms with van der Waals surface area (Å²) in [6.45, 7) is 1.99. The van der Waals surface area contributed by atoms with Gasteiger partial charge in [0.2, 0.25) is 11.6 Å². The third-order valence-corrected chi connectivity index (χ3v) is 3.06. The summed E-state index contributed by atoms with van der Waals surface area (Å²) in [6.07, 6.45) is 1.62. The summed E-state index contributed by atoms with van der Waals surface area (Å²) in [4.78, 5) is 0. The van der Waals surface area contributed by atoms with Crippen molar-refractivity contribution in [2.45, 2.75) is 6.92 Å². The molecule has 2 heterocycles. The Morgan fingerprint density at radius 2 is 2.16 bits per heavy atom. The smallest absolute Gasteiger partial charge is 0.235 e. The number of hydrazone groups is 1. The number of aromatic nitrogens is 4. The molecule has 2 aromatic heterocycles. The van der Waals surface area contributed by atoms with E-state index in [9.17, 15) is 0 Å². The fraction of sp³-hybridized carbons (Fsp3) is 0.100. The average molecular weight is 275 g/mol. The van der Waals surface area contributed by atoms with Crippen molar-refractivity contribution in [3.63, 3.8) is 0 Å². The molecule has 8 nitrogen and oxygen atoms in total. The van der Waals surface area contributed by atoms with E-state index in [2.05, 4.69) is 34.2 Å². The number of rotatable bonds is 3. The average Bonchev–Trinajstić information content (AvgIpc) is 3.02. The molecule has 0 saturated carbocycles. The number of hydrogen-bond acceptors (Lipinski definition) is 9. The van der Waals surface area contributed by atoms with E-state index in [1.165, 1.54) is 11.7 Å². The summed E-state index contributed by atoms with van der Waals surface area (Å²) < 4.78 is 12.9. The molecule has 3 rings (SSSR count). The fourth-order valence-electron chi connectivity index (χ4n) is 1.55. The normalized spacial score (nSPS) is 11.4.